The van der Waals surface area contributed by atoms with Crippen molar-refractivity contribution in [2.24, 2.45) is 5.73 Å². The lowest BCUT2D eigenvalue weighted by Gasteiger charge is -2.07. The maximum Gasteiger partial charge on any atom is 0.239 e. The van der Waals surface area contributed by atoms with E-state index in [0.717, 1.165) is 11.4 Å². The number of nitrogens with zero attached hydrogens (tertiary/aromatic N) is 5. The number of aromatic nitrogens is 5. The van der Waals surface area contributed by atoms with Gasteiger partial charge in [0, 0.05) is 11.9 Å². The monoisotopic (exact) mass is 387 g/mol. The van der Waals surface area contributed by atoms with Crippen LogP contribution in [0.2, 0.25) is 0 Å². The van der Waals surface area contributed by atoms with Crippen LogP contribution < -0.4 is 15.8 Å². The number of nitrogens with one attached hydrogen (secondary N) is 1. The van der Waals surface area contributed by atoms with E-state index >= 15 is 0 Å². The van der Waals surface area contributed by atoms with E-state index in [1.807, 2.05) is 24.3 Å². The van der Waals surface area contributed by atoms with Crippen LogP contribution >= 0.6 is 11.8 Å². The van der Waals surface area contributed by atoms with Gasteiger partial charge in [-0.1, -0.05) is 11.8 Å². The van der Waals surface area contributed by atoms with E-state index in [4.69, 9.17) is 10.5 Å². The molecule has 10 nitrogen and oxygen atoms in total. The fraction of sp³-hybridized carbons (Fsp3) is 0.188. The summed E-state index contributed by atoms with van der Waals surface area (Å²) in [7, 11) is 1.60. The second-order valence-corrected chi connectivity index (χ2v) is 6.35. The quantitative estimate of drug-likeness (QED) is 0.544. The Kier molecular flexibility index (Phi) is 5.71. The van der Waals surface area contributed by atoms with Gasteiger partial charge in [0.15, 0.2) is 5.16 Å². The summed E-state index contributed by atoms with van der Waals surface area (Å²) in [5.41, 5.74) is 6.45. The summed E-state index contributed by atoms with van der Waals surface area (Å²) < 4.78 is 8.28. The van der Waals surface area contributed by atoms with Gasteiger partial charge in [-0.25, -0.2) is 0 Å². The maximum atomic E-state index is 12.1. The number of rotatable bonds is 8. The van der Waals surface area contributed by atoms with Crippen molar-refractivity contribution in [3.8, 4) is 11.4 Å². The Hall–Kier alpha value is -3.34. The molecule has 1 aromatic carbocycles. The Balaban J connectivity index is 1.58. The molecule has 3 N–H and O–H groups in total. The number of thioether (sulfide) groups is 1. The lowest BCUT2D eigenvalue weighted by molar-refractivity contribution is -0.118. The molecule has 0 saturated heterocycles. The largest absolute Gasteiger partial charge is 0.497 e. The van der Waals surface area contributed by atoms with Gasteiger partial charge in [-0.2, -0.15) is 5.10 Å². The minimum Gasteiger partial charge on any atom is -0.497 e. The summed E-state index contributed by atoms with van der Waals surface area (Å²) in [6, 6.07) is 7.42. The summed E-state index contributed by atoms with van der Waals surface area (Å²) in [5.74, 6) is 0.139. The van der Waals surface area contributed by atoms with E-state index in [9.17, 15) is 9.59 Å². The predicted molar refractivity (Wildman–Crippen MR) is 98.7 cm³/mol. The maximum absolute atomic E-state index is 12.1. The smallest absolute Gasteiger partial charge is 0.239 e. The first-order valence-corrected chi connectivity index (χ1v) is 8.81. The zero-order valence-corrected chi connectivity index (χ0v) is 15.2. The van der Waals surface area contributed by atoms with Gasteiger partial charge in [-0.05, 0) is 24.3 Å². The average Bonchev–Trinajstić information content (AvgIpc) is 3.29. The number of benzene rings is 1. The number of anilines is 1. The van der Waals surface area contributed by atoms with Crippen molar-refractivity contribution in [1.82, 2.24) is 24.5 Å². The minimum atomic E-state index is -0.510. The first-order valence-electron chi connectivity index (χ1n) is 7.83. The number of nitrogens with two attached hydrogens (primary N) is 1. The zero-order chi connectivity index (χ0) is 19.2. The van der Waals surface area contributed by atoms with Crippen molar-refractivity contribution in [3.05, 3.63) is 43.0 Å². The van der Waals surface area contributed by atoms with Gasteiger partial charge in [-0.3, -0.25) is 18.8 Å². The van der Waals surface area contributed by atoms with Gasteiger partial charge in [0.25, 0.3) is 0 Å². The van der Waals surface area contributed by atoms with Crippen molar-refractivity contribution in [1.29, 1.82) is 0 Å². The second kappa shape index (κ2) is 8.36. The van der Waals surface area contributed by atoms with E-state index in [1.165, 1.54) is 28.8 Å². The summed E-state index contributed by atoms with van der Waals surface area (Å²) in [6.07, 6.45) is 4.56. The third-order valence-corrected chi connectivity index (χ3v) is 4.38. The van der Waals surface area contributed by atoms with E-state index < -0.39 is 5.91 Å². The van der Waals surface area contributed by atoms with Crippen LogP contribution in [0.4, 0.5) is 5.69 Å². The summed E-state index contributed by atoms with van der Waals surface area (Å²) in [5, 5.41) is 15.2. The summed E-state index contributed by atoms with van der Waals surface area (Å²) in [4.78, 5) is 23.0. The molecule has 0 aliphatic rings. The third-order valence-electron chi connectivity index (χ3n) is 3.43. The van der Waals surface area contributed by atoms with Crippen LogP contribution in [0.1, 0.15) is 0 Å². The highest BCUT2D eigenvalue weighted by atomic mass is 32.2. The molecular weight excluding hydrogens is 370 g/mol. The van der Waals surface area contributed by atoms with Gasteiger partial charge in [0.1, 0.15) is 18.6 Å². The summed E-state index contributed by atoms with van der Waals surface area (Å²) >= 11 is 1.25. The third kappa shape index (κ3) is 4.85. The highest BCUT2D eigenvalue weighted by Crippen LogP contribution is 2.21. The molecule has 27 heavy (non-hydrogen) atoms. The molecule has 0 unspecified atom stereocenters. The SMILES string of the molecule is COc1ccc(-n2cnnc2SCC(=O)Nc2cnn(CC(N)=O)c2)cc1. The molecule has 3 rings (SSSR count). The van der Waals surface area contributed by atoms with E-state index in [0.29, 0.717) is 10.8 Å². The van der Waals surface area contributed by atoms with Gasteiger partial charge in [-0.15, -0.1) is 10.2 Å². The van der Waals surface area contributed by atoms with Crippen molar-refractivity contribution in [2.45, 2.75) is 11.7 Å². The van der Waals surface area contributed by atoms with Crippen LogP contribution in [-0.2, 0) is 16.1 Å². The van der Waals surface area contributed by atoms with Crippen molar-refractivity contribution >= 4 is 29.3 Å². The Bertz CT molecular complexity index is 936. The van der Waals surface area contributed by atoms with Crippen molar-refractivity contribution in [2.75, 3.05) is 18.2 Å². The molecule has 0 bridgehead atoms. The molecule has 0 radical (unpaired) electrons. The number of hydrogen-bond donors (Lipinski definition) is 2. The fourth-order valence-electron chi connectivity index (χ4n) is 2.24. The number of carbonyl (C=O) groups is 2. The zero-order valence-electron chi connectivity index (χ0n) is 14.4. The lowest BCUT2D eigenvalue weighted by Crippen LogP contribution is -2.19. The number of carbonyl (C=O) groups excluding carboxylic acids is 2. The molecule has 0 spiro atoms. The Morgan fingerprint density at radius 3 is 2.78 bits per heavy atom. The van der Waals surface area contributed by atoms with Gasteiger partial charge < -0.3 is 15.8 Å². The molecule has 2 heterocycles. The van der Waals surface area contributed by atoms with Crippen LogP contribution in [0.25, 0.3) is 5.69 Å². The van der Waals surface area contributed by atoms with Crippen LogP contribution in [0, 0.1) is 0 Å². The molecule has 0 aliphatic carbocycles. The minimum absolute atomic E-state index is 0.0460. The highest BCUT2D eigenvalue weighted by molar-refractivity contribution is 7.99. The second-order valence-electron chi connectivity index (χ2n) is 5.41. The predicted octanol–water partition coefficient (Wildman–Crippen LogP) is 0.688. The highest BCUT2D eigenvalue weighted by Gasteiger charge is 2.11. The first-order chi connectivity index (χ1) is 13.0. The Morgan fingerprint density at radius 2 is 2.07 bits per heavy atom. The van der Waals surface area contributed by atoms with Crippen LogP contribution in [0.3, 0.4) is 0 Å². The van der Waals surface area contributed by atoms with E-state index in [2.05, 4.69) is 20.6 Å². The molecule has 0 aliphatic heterocycles. The van der Waals surface area contributed by atoms with Gasteiger partial charge >= 0.3 is 0 Å². The Morgan fingerprint density at radius 1 is 1.30 bits per heavy atom. The summed E-state index contributed by atoms with van der Waals surface area (Å²) in [6.45, 7) is -0.0460. The molecule has 140 valence electrons. The number of ether oxygens (including phenoxy) is 1. The number of methoxy groups -OCH3 is 1. The number of primary amides is 1. The molecule has 11 heteroatoms. The fourth-order valence-corrected chi connectivity index (χ4v) is 2.97. The van der Waals surface area contributed by atoms with Crippen LogP contribution in [-0.4, -0.2) is 49.2 Å². The van der Waals surface area contributed by atoms with E-state index in [-0.39, 0.29) is 18.2 Å². The van der Waals surface area contributed by atoms with Crippen LogP contribution in [0.15, 0.2) is 48.1 Å². The van der Waals surface area contributed by atoms with Gasteiger partial charge in [0.05, 0.1) is 24.7 Å². The molecule has 0 fully saturated rings. The molecule has 2 amide bonds. The van der Waals surface area contributed by atoms with Gasteiger partial charge in [0.2, 0.25) is 11.8 Å². The van der Waals surface area contributed by atoms with E-state index in [1.54, 1.807) is 18.0 Å². The first kappa shape index (κ1) is 18.5. The normalized spacial score (nSPS) is 10.6. The molecular formula is C16H17N7O3S. The molecule has 2 aromatic heterocycles. The topological polar surface area (TPSA) is 130 Å². The standard InChI is InChI=1S/C16H17N7O3S/c1-26-13-4-2-12(3-5-13)23-10-18-21-16(23)27-9-15(25)20-11-6-19-22(7-11)8-14(17)24/h2-7,10H,8-9H2,1H3,(H2,17,24)(H,20,25). The Labute approximate surface area is 158 Å². The molecule has 3 aromatic rings. The van der Waals surface area contributed by atoms with Crippen molar-refractivity contribution < 1.29 is 14.3 Å². The average molecular weight is 387 g/mol. The van der Waals surface area contributed by atoms with Crippen molar-refractivity contribution in [3.63, 3.8) is 0 Å². The van der Waals surface area contributed by atoms with Crippen LogP contribution in [0.5, 0.6) is 5.75 Å². The lowest BCUT2D eigenvalue weighted by atomic mass is 10.3. The molecule has 0 atom stereocenters. The molecule has 0 saturated carbocycles. The number of amides is 2. The number of hydrogen-bond acceptors (Lipinski definition) is 7.